The topological polar surface area (TPSA) is 29.4 Å². The predicted molar refractivity (Wildman–Crippen MR) is 55.0 cm³/mol. The van der Waals surface area contributed by atoms with Crippen molar-refractivity contribution in [3.8, 4) is 0 Å². The van der Waals surface area contributed by atoms with Crippen LogP contribution < -0.4 is 0 Å². The van der Waals surface area contributed by atoms with Crippen molar-refractivity contribution in [2.75, 3.05) is 0 Å². The highest BCUT2D eigenvalue weighted by molar-refractivity contribution is 5.36. The number of benzene rings is 1. The third-order valence-corrected chi connectivity index (χ3v) is 2.71. The largest absolute Gasteiger partial charge is 0.235 e. The van der Waals surface area contributed by atoms with Crippen LogP contribution in [-0.4, -0.2) is 6.08 Å². The van der Waals surface area contributed by atoms with Crippen molar-refractivity contribution in [3.05, 3.63) is 35.4 Å². The van der Waals surface area contributed by atoms with Gasteiger partial charge in [0.05, 0.1) is 6.04 Å². The molecule has 0 N–H and O–H groups in total. The Kier molecular flexibility index (Phi) is 2.47. The second-order valence-electron chi connectivity index (χ2n) is 3.84. The van der Waals surface area contributed by atoms with Gasteiger partial charge in [-0.2, -0.15) is 4.99 Å². The first-order valence-corrected chi connectivity index (χ1v) is 4.98. The van der Waals surface area contributed by atoms with E-state index in [0.717, 1.165) is 11.5 Å². The van der Waals surface area contributed by atoms with Crippen molar-refractivity contribution >= 4 is 6.08 Å². The lowest BCUT2D eigenvalue weighted by molar-refractivity contribution is 0.559. The molecule has 0 amide bonds. The summed E-state index contributed by atoms with van der Waals surface area (Å²) in [6, 6.07) is 8.33. The molecule has 2 heteroatoms. The van der Waals surface area contributed by atoms with E-state index in [4.69, 9.17) is 0 Å². The first kappa shape index (κ1) is 9.17. The van der Waals surface area contributed by atoms with Crippen LogP contribution in [0, 0.1) is 0 Å². The Hall–Kier alpha value is -1.40. The van der Waals surface area contributed by atoms with Crippen molar-refractivity contribution in [2.45, 2.75) is 31.7 Å². The van der Waals surface area contributed by atoms with Gasteiger partial charge in [0.2, 0.25) is 6.08 Å². The summed E-state index contributed by atoms with van der Waals surface area (Å²) >= 11 is 0. The van der Waals surface area contributed by atoms with Gasteiger partial charge >= 0.3 is 0 Å². The lowest BCUT2D eigenvalue weighted by atomic mass is 10.0. The van der Waals surface area contributed by atoms with Gasteiger partial charge in [-0.25, -0.2) is 4.79 Å². The van der Waals surface area contributed by atoms with E-state index in [1.807, 2.05) is 6.92 Å². The quantitative estimate of drug-likeness (QED) is 0.528. The second-order valence-corrected chi connectivity index (χ2v) is 3.84. The van der Waals surface area contributed by atoms with E-state index in [9.17, 15) is 4.79 Å². The van der Waals surface area contributed by atoms with Crippen LogP contribution in [0.4, 0.5) is 0 Å². The average Bonchev–Trinajstić information content (AvgIpc) is 3.02. The molecule has 1 aromatic rings. The van der Waals surface area contributed by atoms with Gasteiger partial charge in [0.1, 0.15) is 0 Å². The van der Waals surface area contributed by atoms with Crippen LogP contribution in [0.25, 0.3) is 0 Å². The Morgan fingerprint density at radius 2 is 2.00 bits per heavy atom. The summed E-state index contributed by atoms with van der Waals surface area (Å²) < 4.78 is 0. The molecule has 1 aromatic carbocycles. The molecule has 2 nitrogen and oxygen atoms in total. The number of hydrogen-bond acceptors (Lipinski definition) is 2. The Morgan fingerprint density at radius 1 is 1.36 bits per heavy atom. The minimum Gasteiger partial charge on any atom is -0.211 e. The molecule has 0 spiro atoms. The molecule has 0 aliphatic heterocycles. The zero-order chi connectivity index (χ0) is 9.97. The van der Waals surface area contributed by atoms with Gasteiger partial charge in [-0.1, -0.05) is 24.3 Å². The van der Waals surface area contributed by atoms with E-state index in [2.05, 4.69) is 29.3 Å². The third kappa shape index (κ3) is 1.91. The molecule has 1 atom stereocenters. The Labute approximate surface area is 83.7 Å². The molecule has 1 aliphatic carbocycles. The molecule has 0 saturated heterocycles. The van der Waals surface area contributed by atoms with Crippen molar-refractivity contribution in [2.24, 2.45) is 4.99 Å². The summed E-state index contributed by atoms with van der Waals surface area (Å²) in [5, 5.41) is 0. The fourth-order valence-corrected chi connectivity index (χ4v) is 1.62. The highest BCUT2D eigenvalue weighted by atomic mass is 16.1. The number of carbonyl (C=O) groups excluding carboxylic acids is 1. The number of nitrogens with zero attached hydrogens (tertiary/aromatic N) is 1. The summed E-state index contributed by atoms with van der Waals surface area (Å²) in [6.07, 6.45) is 4.23. The molecular weight excluding hydrogens is 174 g/mol. The third-order valence-electron chi connectivity index (χ3n) is 2.71. The second kappa shape index (κ2) is 3.77. The van der Waals surface area contributed by atoms with E-state index in [0.29, 0.717) is 0 Å². The lowest BCUT2D eigenvalue weighted by Gasteiger charge is -2.05. The van der Waals surface area contributed by atoms with Gasteiger partial charge in [-0.3, -0.25) is 0 Å². The zero-order valence-electron chi connectivity index (χ0n) is 8.23. The van der Waals surface area contributed by atoms with Gasteiger partial charge in [-0.05, 0) is 36.8 Å². The number of isocyanates is 1. The Morgan fingerprint density at radius 3 is 2.50 bits per heavy atom. The molecule has 1 saturated carbocycles. The van der Waals surface area contributed by atoms with Gasteiger partial charge < -0.3 is 0 Å². The maximum Gasteiger partial charge on any atom is 0.235 e. The molecule has 1 fully saturated rings. The van der Waals surface area contributed by atoms with Crippen LogP contribution >= 0.6 is 0 Å². The van der Waals surface area contributed by atoms with Gasteiger partial charge in [-0.15, -0.1) is 0 Å². The summed E-state index contributed by atoms with van der Waals surface area (Å²) in [5.41, 5.74) is 2.49. The maximum absolute atomic E-state index is 10.1. The van der Waals surface area contributed by atoms with Crippen LogP contribution in [0.2, 0.25) is 0 Å². The minimum atomic E-state index is -0.0687. The Balaban J connectivity index is 2.15. The number of hydrogen-bond donors (Lipinski definition) is 0. The van der Waals surface area contributed by atoms with Crippen molar-refractivity contribution < 1.29 is 4.79 Å². The number of aliphatic imine (C=N–C) groups is 1. The van der Waals surface area contributed by atoms with E-state index in [1.165, 1.54) is 18.4 Å². The van der Waals surface area contributed by atoms with Crippen LogP contribution in [0.15, 0.2) is 29.3 Å². The van der Waals surface area contributed by atoms with Crippen LogP contribution in [0.1, 0.15) is 42.9 Å². The molecule has 0 radical (unpaired) electrons. The van der Waals surface area contributed by atoms with Crippen LogP contribution in [0.5, 0.6) is 0 Å². The van der Waals surface area contributed by atoms with E-state index < -0.39 is 0 Å². The van der Waals surface area contributed by atoms with Crippen LogP contribution in [0.3, 0.4) is 0 Å². The Bertz CT molecular complexity index is 358. The average molecular weight is 187 g/mol. The summed E-state index contributed by atoms with van der Waals surface area (Å²) in [5.74, 6) is 0.786. The molecule has 14 heavy (non-hydrogen) atoms. The van der Waals surface area contributed by atoms with Gasteiger partial charge in [0, 0.05) is 0 Å². The molecule has 72 valence electrons. The summed E-state index contributed by atoms with van der Waals surface area (Å²) in [4.78, 5) is 13.8. The highest BCUT2D eigenvalue weighted by Crippen LogP contribution is 2.40. The molecule has 0 aromatic heterocycles. The smallest absolute Gasteiger partial charge is 0.211 e. The molecule has 2 rings (SSSR count). The van der Waals surface area contributed by atoms with E-state index >= 15 is 0 Å². The van der Waals surface area contributed by atoms with E-state index in [-0.39, 0.29) is 6.04 Å². The lowest BCUT2D eigenvalue weighted by Crippen LogP contribution is -1.89. The van der Waals surface area contributed by atoms with Gasteiger partial charge in [0.25, 0.3) is 0 Å². The molecule has 1 aliphatic rings. The van der Waals surface area contributed by atoms with Crippen molar-refractivity contribution in [3.63, 3.8) is 0 Å². The van der Waals surface area contributed by atoms with Gasteiger partial charge in [0.15, 0.2) is 0 Å². The fourth-order valence-electron chi connectivity index (χ4n) is 1.62. The normalized spacial score (nSPS) is 17.2. The monoisotopic (exact) mass is 187 g/mol. The predicted octanol–water partition coefficient (Wildman–Crippen LogP) is 2.96. The van der Waals surface area contributed by atoms with Crippen LogP contribution in [-0.2, 0) is 4.79 Å². The molecule has 1 unspecified atom stereocenters. The SMILES string of the molecule is CC(N=C=O)c1ccc(C2CC2)cc1. The first-order chi connectivity index (χ1) is 6.81. The first-order valence-electron chi connectivity index (χ1n) is 4.98. The molecular formula is C12H13NO. The summed E-state index contributed by atoms with van der Waals surface area (Å²) in [6.45, 7) is 1.90. The zero-order valence-corrected chi connectivity index (χ0v) is 8.23. The molecule has 0 heterocycles. The highest BCUT2D eigenvalue weighted by Gasteiger charge is 2.23. The minimum absolute atomic E-state index is 0.0687. The maximum atomic E-state index is 10.1. The fraction of sp³-hybridized carbons (Fsp3) is 0.417. The van der Waals surface area contributed by atoms with Crippen molar-refractivity contribution in [1.29, 1.82) is 0 Å². The number of rotatable bonds is 3. The van der Waals surface area contributed by atoms with E-state index in [1.54, 1.807) is 6.08 Å². The standard InChI is InChI=1S/C12H13NO/c1-9(13-8-14)10-2-4-11(5-3-10)12-6-7-12/h2-5,9,12H,6-7H2,1H3. The van der Waals surface area contributed by atoms with Crippen molar-refractivity contribution in [1.82, 2.24) is 0 Å². The summed E-state index contributed by atoms with van der Waals surface area (Å²) in [7, 11) is 0. The molecule has 0 bridgehead atoms.